The average Bonchev–Trinajstić information content (AvgIpc) is 3.18. The van der Waals surface area contributed by atoms with Crippen LogP contribution in [0.1, 0.15) is 23.0 Å². The van der Waals surface area contributed by atoms with E-state index in [2.05, 4.69) is 25.9 Å². The number of aromatic nitrogens is 2. The number of ether oxygens (including phenoxy) is 1. The van der Waals surface area contributed by atoms with Crippen molar-refractivity contribution in [3.63, 3.8) is 0 Å². The van der Waals surface area contributed by atoms with Gasteiger partial charge in [-0.05, 0) is 58.3 Å². The second-order valence-electron chi connectivity index (χ2n) is 8.43. The van der Waals surface area contributed by atoms with Gasteiger partial charge in [-0.2, -0.15) is 4.98 Å². The number of hydrogen-bond donors (Lipinski definition) is 3. The molecule has 2 aromatic carbocycles. The highest BCUT2D eigenvalue weighted by Crippen LogP contribution is 2.31. The van der Waals surface area contributed by atoms with Crippen LogP contribution in [0.2, 0.25) is 0 Å². The number of nitrogens with zero attached hydrogens (tertiary/aromatic N) is 3. The van der Waals surface area contributed by atoms with Crippen LogP contribution < -0.4 is 20.7 Å². The van der Waals surface area contributed by atoms with Gasteiger partial charge in [0, 0.05) is 42.1 Å². The molecule has 0 aliphatic heterocycles. The maximum absolute atomic E-state index is 12.4. The van der Waals surface area contributed by atoms with E-state index < -0.39 is 0 Å². The van der Waals surface area contributed by atoms with Crippen molar-refractivity contribution in [3.8, 4) is 11.6 Å². The van der Waals surface area contributed by atoms with Crippen LogP contribution in [0.4, 0.5) is 17.3 Å². The van der Waals surface area contributed by atoms with E-state index in [1.54, 1.807) is 50.5 Å². The van der Waals surface area contributed by atoms with Crippen molar-refractivity contribution >= 4 is 40.1 Å². The van der Waals surface area contributed by atoms with Crippen molar-refractivity contribution in [1.29, 1.82) is 0 Å². The lowest BCUT2D eigenvalue weighted by Gasteiger charge is -2.19. The molecule has 3 N–H and O–H groups in total. The molecule has 0 saturated carbocycles. The van der Waals surface area contributed by atoms with Gasteiger partial charge in [0.1, 0.15) is 17.1 Å². The van der Waals surface area contributed by atoms with Gasteiger partial charge in [-0.3, -0.25) is 14.5 Å². The molecule has 0 aliphatic carbocycles. The molecule has 10 nitrogen and oxygen atoms in total. The van der Waals surface area contributed by atoms with E-state index in [-0.39, 0.29) is 17.9 Å². The minimum atomic E-state index is -0.265. The summed E-state index contributed by atoms with van der Waals surface area (Å²) in [7, 11) is 5.28. The molecule has 0 fully saturated rings. The average molecular weight is 489 g/mol. The normalized spacial score (nSPS) is 11.8. The predicted molar refractivity (Wildman–Crippen MR) is 138 cm³/mol. The molecule has 0 bridgehead atoms. The fourth-order valence-electron chi connectivity index (χ4n) is 3.53. The third kappa shape index (κ3) is 5.44. The number of rotatable bonds is 8. The lowest BCUT2D eigenvalue weighted by atomic mass is 10.1. The van der Waals surface area contributed by atoms with Gasteiger partial charge in [-0.15, -0.1) is 0 Å². The van der Waals surface area contributed by atoms with Gasteiger partial charge in [0.15, 0.2) is 0 Å². The molecule has 10 heteroatoms. The summed E-state index contributed by atoms with van der Waals surface area (Å²) in [6.45, 7) is 3.58. The van der Waals surface area contributed by atoms with Gasteiger partial charge in [-0.25, -0.2) is 4.98 Å². The Balaban J connectivity index is 1.48. The molecular weight excluding hydrogens is 460 g/mol. The topological polar surface area (TPSA) is 122 Å². The molecular formula is C26H28N6O4. The molecule has 0 aliphatic rings. The van der Waals surface area contributed by atoms with Gasteiger partial charge >= 0.3 is 0 Å². The molecule has 2 heterocycles. The Bertz CT molecular complexity index is 1410. The number of aryl methyl sites for hydroxylation is 1. The largest absolute Gasteiger partial charge is 0.460 e. The fraction of sp³-hybridized carbons (Fsp3) is 0.231. The first-order valence-corrected chi connectivity index (χ1v) is 11.4. The van der Waals surface area contributed by atoms with Crippen LogP contribution in [0.15, 0.2) is 59.1 Å². The maximum atomic E-state index is 12.4. The lowest BCUT2D eigenvalue weighted by Crippen LogP contribution is -2.37. The van der Waals surface area contributed by atoms with E-state index in [0.717, 1.165) is 0 Å². The van der Waals surface area contributed by atoms with Crippen molar-refractivity contribution in [2.45, 2.75) is 19.9 Å². The van der Waals surface area contributed by atoms with Crippen LogP contribution in [0, 0.1) is 6.92 Å². The summed E-state index contributed by atoms with van der Waals surface area (Å²) in [6.07, 6.45) is 1.58. The number of hydrogen-bond acceptors (Lipinski definition) is 8. The van der Waals surface area contributed by atoms with E-state index in [9.17, 15) is 9.59 Å². The smallest absolute Gasteiger partial charge is 0.255 e. The molecule has 1 atom stereocenters. The zero-order valence-corrected chi connectivity index (χ0v) is 20.7. The quantitative estimate of drug-likeness (QED) is 0.335. The Hall–Kier alpha value is -4.44. The van der Waals surface area contributed by atoms with Crippen LogP contribution in [0.5, 0.6) is 11.6 Å². The minimum Gasteiger partial charge on any atom is -0.460 e. The summed E-state index contributed by atoms with van der Waals surface area (Å²) in [6, 6.07) is 13.9. The summed E-state index contributed by atoms with van der Waals surface area (Å²) in [5, 5.41) is 9.36. The summed E-state index contributed by atoms with van der Waals surface area (Å²) < 4.78 is 11.7. The second-order valence-corrected chi connectivity index (χ2v) is 8.43. The molecule has 4 rings (SSSR count). The highest BCUT2D eigenvalue weighted by Gasteiger charge is 2.18. The van der Waals surface area contributed by atoms with E-state index in [4.69, 9.17) is 9.15 Å². The lowest BCUT2D eigenvalue weighted by molar-refractivity contribution is -0.119. The van der Waals surface area contributed by atoms with Crippen molar-refractivity contribution in [2.24, 2.45) is 0 Å². The van der Waals surface area contributed by atoms with Gasteiger partial charge in [0.25, 0.3) is 5.91 Å². The van der Waals surface area contributed by atoms with Gasteiger partial charge in [-0.1, -0.05) is 6.07 Å². The monoisotopic (exact) mass is 488 g/mol. The van der Waals surface area contributed by atoms with Crippen molar-refractivity contribution in [3.05, 3.63) is 66.1 Å². The van der Waals surface area contributed by atoms with Crippen molar-refractivity contribution in [2.75, 3.05) is 31.8 Å². The first-order valence-electron chi connectivity index (χ1n) is 11.4. The standard InChI is InChI=1S/C26H28N6O4/c1-15(32(4)5)24(33)29-17-7-6-8-18(13-17)30-26-28-12-11-22(31-26)36-19-9-10-20-21(14-19)35-16(2)23(20)25(34)27-3/h6-15H,1-5H3,(H,27,34)(H,29,33)(H,28,30,31)/t15-/m1/s1. The third-order valence-electron chi connectivity index (χ3n) is 5.68. The first kappa shape index (κ1) is 24.7. The van der Waals surface area contributed by atoms with Crippen molar-refractivity contribution in [1.82, 2.24) is 20.2 Å². The SMILES string of the molecule is CNC(=O)c1c(C)oc2cc(Oc3ccnc(Nc4cccc(NC(=O)[C@@H](C)N(C)C)c4)n3)ccc12. The number of benzene rings is 2. The molecule has 36 heavy (non-hydrogen) atoms. The Morgan fingerprint density at radius 3 is 2.61 bits per heavy atom. The van der Waals surface area contributed by atoms with E-state index >= 15 is 0 Å². The zero-order valence-electron chi connectivity index (χ0n) is 20.7. The minimum absolute atomic E-state index is 0.102. The number of likely N-dealkylation sites (N-methyl/N-ethyl adjacent to an activating group) is 1. The van der Waals surface area contributed by atoms with Crippen molar-refractivity contribution < 1.29 is 18.7 Å². The Morgan fingerprint density at radius 2 is 1.86 bits per heavy atom. The molecule has 2 amide bonds. The fourth-order valence-corrected chi connectivity index (χ4v) is 3.53. The second kappa shape index (κ2) is 10.4. The zero-order chi connectivity index (χ0) is 25.8. The van der Waals surface area contributed by atoms with Gasteiger partial charge < -0.3 is 25.1 Å². The number of amides is 2. The number of carbonyl (C=O) groups is 2. The maximum Gasteiger partial charge on any atom is 0.255 e. The molecule has 4 aromatic rings. The predicted octanol–water partition coefficient (Wildman–Crippen LogP) is 4.32. The number of furan rings is 1. The number of fused-ring (bicyclic) bond motifs is 1. The molecule has 0 unspecified atom stereocenters. The van der Waals surface area contributed by atoms with Gasteiger partial charge in [0.2, 0.25) is 17.7 Å². The molecule has 0 saturated heterocycles. The van der Waals surface area contributed by atoms with E-state index in [1.165, 1.54) is 0 Å². The third-order valence-corrected chi connectivity index (χ3v) is 5.68. The Labute approximate surface area is 208 Å². The summed E-state index contributed by atoms with van der Waals surface area (Å²) in [5.74, 6) is 1.38. The Kier molecular flexibility index (Phi) is 7.16. The summed E-state index contributed by atoms with van der Waals surface area (Å²) >= 11 is 0. The first-order chi connectivity index (χ1) is 17.2. The highest BCUT2D eigenvalue weighted by molar-refractivity contribution is 6.07. The number of anilines is 3. The Morgan fingerprint density at radius 1 is 1.08 bits per heavy atom. The van der Waals surface area contributed by atoms with Crippen LogP contribution in [-0.2, 0) is 4.79 Å². The molecule has 0 radical (unpaired) electrons. The van der Waals surface area contributed by atoms with Gasteiger partial charge in [0.05, 0.1) is 11.6 Å². The number of carbonyl (C=O) groups excluding carboxylic acids is 2. The summed E-state index contributed by atoms with van der Waals surface area (Å²) in [4.78, 5) is 35.0. The van der Waals surface area contributed by atoms with Crippen LogP contribution in [-0.4, -0.2) is 53.9 Å². The summed E-state index contributed by atoms with van der Waals surface area (Å²) in [5.41, 5.74) is 2.40. The molecule has 2 aromatic heterocycles. The van der Waals surface area contributed by atoms with Crippen LogP contribution >= 0.6 is 0 Å². The molecule has 186 valence electrons. The van der Waals surface area contributed by atoms with E-state index in [0.29, 0.717) is 51.2 Å². The highest BCUT2D eigenvalue weighted by atomic mass is 16.5. The van der Waals surface area contributed by atoms with Crippen LogP contribution in [0.3, 0.4) is 0 Å². The molecule has 0 spiro atoms. The van der Waals surface area contributed by atoms with E-state index in [1.807, 2.05) is 44.1 Å². The number of nitrogens with one attached hydrogen (secondary N) is 3. The van der Waals surface area contributed by atoms with Crippen LogP contribution in [0.25, 0.3) is 11.0 Å².